The van der Waals surface area contributed by atoms with Gasteiger partial charge in [0.1, 0.15) is 0 Å². The van der Waals surface area contributed by atoms with Crippen LogP contribution in [0.4, 0.5) is 0 Å². The number of ether oxygens (including phenoxy) is 1. The number of esters is 1. The maximum atomic E-state index is 11.8. The molecule has 6 heteroatoms. The Morgan fingerprint density at radius 2 is 2.00 bits per heavy atom. The molecule has 98 valence electrons. The molecule has 0 saturated heterocycles. The highest BCUT2D eigenvalue weighted by Crippen LogP contribution is 2.23. The van der Waals surface area contributed by atoms with Crippen LogP contribution in [0.25, 0.3) is 0 Å². The summed E-state index contributed by atoms with van der Waals surface area (Å²) in [6.07, 6.45) is 0.301. The van der Waals surface area contributed by atoms with Gasteiger partial charge in [-0.3, -0.25) is 9.59 Å². The van der Waals surface area contributed by atoms with Gasteiger partial charge in [-0.15, -0.1) is 0 Å². The van der Waals surface area contributed by atoms with Gasteiger partial charge < -0.3 is 4.74 Å². The van der Waals surface area contributed by atoms with Crippen LogP contribution in [-0.2, 0) is 9.53 Å². The van der Waals surface area contributed by atoms with Gasteiger partial charge >= 0.3 is 5.97 Å². The van der Waals surface area contributed by atoms with Crippen LogP contribution in [0, 0.1) is 0 Å². The number of halogens is 2. The molecule has 0 aliphatic heterocycles. The smallest absolute Gasteiger partial charge is 0.306 e. The lowest BCUT2D eigenvalue weighted by Gasteiger charge is -2.03. The molecule has 0 amide bonds. The Hall–Kier alpha value is -0.710. The van der Waals surface area contributed by atoms with E-state index in [4.69, 9.17) is 23.2 Å². The fourth-order valence-corrected chi connectivity index (χ4v) is 2.28. The predicted molar refractivity (Wildman–Crippen MR) is 74.8 cm³/mol. The minimum absolute atomic E-state index is 0.0385. The largest absolute Gasteiger partial charge is 0.469 e. The van der Waals surface area contributed by atoms with Gasteiger partial charge in [-0.05, 0) is 18.2 Å². The summed E-state index contributed by atoms with van der Waals surface area (Å²) in [5, 5.41) is 0.786. The Kier molecular flexibility index (Phi) is 6.54. The van der Waals surface area contributed by atoms with E-state index in [0.29, 0.717) is 33.5 Å². The van der Waals surface area contributed by atoms with E-state index in [1.807, 2.05) is 0 Å². The van der Waals surface area contributed by atoms with Crippen LogP contribution < -0.4 is 0 Å². The minimum Gasteiger partial charge on any atom is -0.469 e. The molecule has 0 heterocycles. The zero-order valence-corrected chi connectivity index (χ0v) is 12.1. The average molecular weight is 307 g/mol. The second kappa shape index (κ2) is 7.67. The van der Waals surface area contributed by atoms with Crippen LogP contribution in [0.5, 0.6) is 0 Å². The Balaban J connectivity index is 2.41. The number of ketones is 1. The molecule has 1 aromatic carbocycles. The summed E-state index contributed by atoms with van der Waals surface area (Å²) in [5.41, 5.74) is 0.523. The van der Waals surface area contributed by atoms with Crippen molar-refractivity contribution >= 4 is 46.7 Å². The third kappa shape index (κ3) is 4.88. The van der Waals surface area contributed by atoms with Gasteiger partial charge in [0.05, 0.1) is 29.3 Å². The standard InChI is InChI=1S/C12H12Cl2O3S/c1-17-12(16)4-5-18-7-11(15)8-2-3-9(13)10(14)6-8/h2-3,6H,4-5,7H2,1H3. The van der Waals surface area contributed by atoms with E-state index in [2.05, 4.69) is 4.74 Å². The van der Waals surface area contributed by atoms with Crippen LogP contribution in [0.1, 0.15) is 16.8 Å². The van der Waals surface area contributed by atoms with Crippen molar-refractivity contribution in [2.24, 2.45) is 0 Å². The molecule has 0 N–H and O–H groups in total. The number of thioether (sulfide) groups is 1. The quantitative estimate of drug-likeness (QED) is 0.458. The number of hydrogen-bond acceptors (Lipinski definition) is 4. The molecule has 0 aliphatic rings. The number of benzene rings is 1. The molecule has 0 saturated carbocycles. The predicted octanol–water partition coefficient (Wildman–Crippen LogP) is 3.47. The maximum Gasteiger partial charge on any atom is 0.306 e. The van der Waals surface area contributed by atoms with Crippen molar-refractivity contribution in [1.29, 1.82) is 0 Å². The van der Waals surface area contributed by atoms with E-state index in [0.717, 1.165) is 0 Å². The van der Waals surface area contributed by atoms with Crippen LogP contribution in [0.2, 0.25) is 10.0 Å². The highest BCUT2D eigenvalue weighted by atomic mass is 35.5. The summed E-state index contributed by atoms with van der Waals surface area (Å²) in [4.78, 5) is 22.6. The van der Waals surface area contributed by atoms with Gasteiger partial charge in [-0.25, -0.2) is 0 Å². The van der Waals surface area contributed by atoms with Crippen molar-refractivity contribution < 1.29 is 14.3 Å². The molecule has 0 atom stereocenters. The SMILES string of the molecule is COC(=O)CCSCC(=O)c1ccc(Cl)c(Cl)c1. The normalized spacial score (nSPS) is 10.2. The molecular formula is C12H12Cl2O3S. The van der Waals surface area contributed by atoms with Gasteiger partial charge in [0.2, 0.25) is 0 Å². The van der Waals surface area contributed by atoms with E-state index in [1.54, 1.807) is 18.2 Å². The Bertz CT molecular complexity index is 449. The van der Waals surface area contributed by atoms with E-state index >= 15 is 0 Å². The first-order valence-corrected chi connectivity index (χ1v) is 7.08. The molecule has 0 aromatic heterocycles. The number of methoxy groups -OCH3 is 1. The zero-order chi connectivity index (χ0) is 13.5. The van der Waals surface area contributed by atoms with Crippen LogP contribution >= 0.6 is 35.0 Å². The van der Waals surface area contributed by atoms with Crippen LogP contribution in [0.3, 0.4) is 0 Å². The molecule has 18 heavy (non-hydrogen) atoms. The van der Waals surface area contributed by atoms with E-state index in [9.17, 15) is 9.59 Å². The third-order valence-corrected chi connectivity index (χ3v) is 3.85. The maximum absolute atomic E-state index is 11.8. The van der Waals surface area contributed by atoms with Crippen molar-refractivity contribution in [2.75, 3.05) is 18.6 Å². The summed E-state index contributed by atoms with van der Waals surface area (Å²) in [7, 11) is 1.34. The van der Waals surface area contributed by atoms with Gasteiger partial charge in [0, 0.05) is 11.3 Å². The topological polar surface area (TPSA) is 43.4 Å². The molecule has 0 radical (unpaired) electrons. The Labute approximate surface area is 120 Å². The summed E-state index contributed by atoms with van der Waals surface area (Å²) in [5.74, 6) is 0.544. The molecule has 1 aromatic rings. The van der Waals surface area contributed by atoms with Gasteiger partial charge in [-0.1, -0.05) is 23.2 Å². The van der Waals surface area contributed by atoms with E-state index < -0.39 is 0 Å². The summed E-state index contributed by atoms with van der Waals surface area (Å²) in [6.45, 7) is 0. The summed E-state index contributed by atoms with van der Waals surface area (Å²) < 4.78 is 4.50. The van der Waals surface area contributed by atoms with Crippen molar-refractivity contribution in [2.45, 2.75) is 6.42 Å². The highest BCUT2D eigenvalue weighted by molar-refractivity contribution is 8.00. The molecule has 1 rings (SSSR count). The number of carbonyl (C=O) groups excluding carboxylic acids is 2. The first-order chi connectivity index (χ1) is 8.54. The van der Waals surface area contributed by atoms with Crippen molar-refractivity contribution in [3.63, 3.8) is 0 Å². The monoisotopic (exact) mass is 306 g/mol. The fourth-order valence-electron chi connectivity index (χ4n) is 1.18. The number of Topliss-reactive ketones (excluding diaryl/α,β-unsaturated/α-hetero) is 1. The Morgan fingerprint density at radius 1 is 1.28 bits per heavy atom. The molecule has 0 fully saturated rings. The Morgan fingerprint density at radius 3 is 2.61 bits per heavy atom. The summed E-state index contributed by atoms with van der Waals surface area (Å²) in [6, 6.07) is 4.78. The molecule has 0 aliphatic carbocycles. The first kappa shape index (κ1) is 15.3. The molecule has 0 bridgehead atoms. The number of hydrogen-bond donors (Lipinski definition) is 0. The fraction of sp³-hybridized carbons (Fsp3) is 0.333. The first-order valence-electron chi connectivity index (χ1n) is 5.17. The van der Waals surface area contributed by atoms with Crippen LogP contribution in [0.15, 0.2) is 18.2 Å². The lowest BCUT2D eigenvalue weighted by molar-refractivity contribution is -0.140. The lowest BCUT2D eigenvalue weighted by atomic mass is 10.1. The number of carbonyl (C=O) groups is 2. The van der Waals surface area contributed by atoms with E-state index in [-0.39, 0.29) is 11.8 Å². The van der Waals surface area contributed by atoms with Crippen LogP contribution in [-0.4, -0.2) is 30.4 Å². The zero-order valence-electron chi connectivity index (χ0n) is 9.74. The second-order valence-electron chi connectivity index (χ2n) is 3.43. The summed E-state index contributed by atoms with van der Waals surface area (Å²) >= 11 is 13.0. The molecule has 0 unspecified atom stereocenters. The third-order valence-electron chi connectivity index (χ3n) is 2.15. The number of rotatable bonds is 6. The van der Waals surface area contributed by atoms with Crippen molar-refractivity contribution in [1.82, 2.24) is 0 Å². The minimum atomic E-state index is -0.274. The van der Waals surface area contributed by atoms with Gasteiger partial charge in [0.15, 0.2) is 5.78 Å². The molecule has 0 spiro atoms. The highest BCUT2D eigenvalue weighted by Gasteiger charge is 2.09. The average Bonchev–Trinajstić information content (AvgIpc) is 2.37. The molecular weight excluding hydrogens is 295 g/mol. The van der Waals surface area contributed by atoms with Crippen molar-refractivity contribution in [3.8, 4) is 0 Å². The van der Waals surface area contributed by atoms with Crippen molar-refractivity contribution in [3.05, 3.63) is 33.8 Å². The van der Waals surface area contributed by atoms with Gasteiger partial charge in [-0.2, -0.15) is 11.8 Å². The lowest BCUT2D eigenvalue weighted by Crippen LogP contribution is -2.05. The molecule has 3 nitrogen and oxygen atoms in total. The van der Waals surface area contributed by atoms with E-state index in [1.165, 1.54) is 18.9 Å². The second-order valence-corrected chi connectivity index (χ2v) is 5.35. The van der Waals surface area contributed by atoms with Gasteiger partial charge in [0.25, 0.3) is 0 Å².